The number of carbonyl (C=O) groups is 3. The molecule has 31 heavy (non-hydrogen) atoms. The normalized spacial score (nSPS) is 15.1. The molecule has 1 aliphatic heterocycles. The van der Waals surface area contributed by atoms with E-state index in [9.17, 15) is 14.4 Å². The molecule has 0 atom stereocenters. The molecule has 0 aromatic heterocycles. The number of thioether (sulfide) groups is 1. The quantitative estimate of drug-likeness (QED) is 0.401. The number of hydrogen-bond donors (Lipinski definition) is 0. The molecule has 0 aliphatic carbocycles. The van der Waals surface area contributed by atoms with Gasteiger partial charge in [0.05, 0.1) is 11.5 Å². The highest BCUT2D eigenvalue weighted by Gasteiger charge is 2.36. The standard InChI is InChI=1S/C23H22ClNO5S/c1-15(2)13-30-21(26)12-25-22(27)20(31-23(25)28)11-16-7-4-6-10-19(16)29-14-17-8-3-5-9-18(17)24/h3-11,15H,12-14H2,1-2H3/b20-11+. The van der Waals surface area contributed by atoms with Crippen molar-refractivity contribution in [3.8, 4) is 5.75 Å². The van der Waals surface area contributed by atoms with Crippen LogP contribution >= 0.6 is 23.4 Å². The van der Waals surface area contributed by atoms with Gasteiger partial charge in [0, 0.05) is 16.1 Å². The van der Waals surface area contributed by atoms with Gasteiger partial charge in [-0.3, -0.25) is 19.3 Å². The Kier molecular flexibility index (Phi) is 7.76. The second kappa shape index (κ2) is 10.5. The van der Waals surface area contributed by atoms with Gasteiger partial charge in [0.25, 0.3) is 11.1 Å². The molecule has 0 radical (unpaired) electrons. The Bertz CT molecular complexity index is 1020. The van der Waals surface area contributed by atoms with Gasteiger partial charge in [0.2, 0.25) is 0 Å². The minimum absolute atomic E-state index is 0.168. The number of carbonyl (C=O) groups excluding carboxylic acids is 3. The van der Waals surface area contributed by atoms with Crippen molar-refractivity contribution in [3.63, 3.8) is 0 Å². The van der Waals surface area contributed by atoms with Gasteiger partial charge in [-0.05, 0) is 35.9 Å². The van der Waals surface area contributed by atoms with Crippen molar-refractivity contribution < 1.29 is 23.9 Å². The zero-order chi connectivity index (χ0) is 22.4. The Hall–Kier alpha value is -2.77. The highest BCUT2D eigenvalue weighted by atomic mass is 35.5. The third-order valence-electron chi connectivity index (χ3n) is 4.29. The lowest BCUT2D eigenvalue weighted by Gasteiger charge is -2.13. The lowest BCUT2D eigenvalue weighted by atomic mass is 10.1. The van der Waals surface area contributed by atoms with Crippen LogP contribution in [0.2, 0.25) is 5.02 Å². The monoisotopic (exact) mass is 459 g/mol. The number of amides is 2. The second-order valence-electron chi connectivity index (χ2n) is 7.26. The molecule has 3 rings (SSSR count). The number of benzene rings is 2. The van der Waals surface area contributed by atoms with Crippen LogP contribution in [0.3, 0.4) is 0 Å². The Morgan fingerprint density at radius 1 is 1.13 bits per heavy atom. The number of rotatable bonds is 8. The number of hydrogen-bond acceptors (Lipinski definition) is 6. The fourth-order valence-electron chi connectivity index (χ4n) is 2.71. The van der Waals surface area contributed by atoms with E-state index in [1.54, 1.807) is 24.3 Å². The van der Waals surface area contributed by atoms with Gasteiger partial charge < -0.3 is 9.47 Å². The average Bonchev–Trinajstić information content (AvgIpc) is 3.00. The molecule has 2 aromatic rings. The smallest absolute Gasteiger partial charge is 0.326 e. The summed E-state index contributed by atoms with van der Waals surface area (Å²) >= 11 is 6.96. The summed E-state index contributed by atoms with van der Waals surface area (Å²) in [5.41, 5.74) is 1.47. The van der Waals surface area contributed by atoms with E-state index in [2.05, 4.69) is 0 Å². The fraction of sp³-hybridized carbons (Fsp3) is 0.261. The molecule has 0 N–H and O–H groups in total. The minimum Gasteiger partial charge on any atom is -0.488 e. The summed E-state index contributed by atoms with van der Waals surface area (Å²) in [6, 6.07) is 14.6. The van der Waals surface area contributed by atoms with E-state index >= 15 is 0 Å². The summed E-state index contributed by atoms with van der Waals surface area (Å²) in [4.78, 5) is 38.0. The average molecular weight is 460 g/mol. The van der Waals surface area contributed by atoms with Crippen LogP contribution in [0.4, 0.5) is 4.79 Å². The fourth-order valence-corrected chi connectivity index (χ4v) is 3.73. The summed E-state index contributed by atoms with van der Waals surface area (Å²) < 4.78 is 11.0. The predicted molar refractivity (Wildman–Crippen MR) is 121 cm³/mol. The molecule has 0 saturated carbocycles. The first-order chi connectivity index (χ1) is 14.8. The Morgan fingerprint density at radius 2 is 1.84 bits per heavy atom. The number of para-hydroxylation sites is 1. The maximum atomic E-state index is 12.7. The van der Waals surface area contributed by atoms with Gasteiger partial charge in [0.15, 0.2) is 0 Å². The first-order valence-electron chi connectivity index (χ1n) is 9.71. The van der Waals surface area contributed by atoms with Crippen LogP contribution in [-0.2, 0) is 20.9 Å². The molecule has 0 bridgehead atoms. The van der Waals surface area contributed by atoms with Gasteiger partial charge in [-0.15, -0.1) is 0 Å². The third kappa shape index (κ3) is 6.12. The second-order valence-corrected chi connectivity index (χ2v) is 8.66. The molecular weight excluding hydrogens is 438 g/mol. The molecule has 6 nitrogen and oxygen atoms in total. The van der Waals surface area contributed by atoms with Gasteiger partial charge in [-0.2, -0.15) is 0 Å². The molecule has 0 spiro atoms. The third-order valence-corrected chi connectivity index (χ3v) is 5.56. The molecule has 1 heterocycles. The van der Waals surface area contributed by atoms with Crippen molar-refractivity contribution in [2.45, 2.75) is 20.5 Å². The van der Waals surface area contributed by atoms with Gasteiger partial charge >= 0.3 is 5.97 Å². The number of halogens is 1. The maximum Gasteiger partial charge on any atom is 0.326 e. The van der Waals surface area contributed by atoms with E-state index < -0.39 is 23.7 Å². The summed E-state index contributed by atoms with van der Waals surface area (Å²) in [5, 5.41) is 0.0951. The van der Waals surface area contributed by atoms with E-state index in [-0.39, 0.29) is 24.0 Å². The summed E-state index contributed by atoms with van der Waals surface area (Å²) in [5.74, 6) is -0.426. The van der Waals surface area contributed by atoms with Gasteiger partial charge in [-0.25, -0.2) is 0 Å². The summed E-state index contributed by atoms with van der Waals surface area (Å²) in [6.45, 7) is 3.90. The van der Waals surface area contributed by atoms with Crippen LogP contribution in [0.25, 0.3) is 6.08 Å². The molecule has 1 saturated heterocycles. The van der Waals surface area contributed by atoms with Crippen LogP contribution in [0.15, 0.2) is 53.4 Å². The number of esters is 1. The molecule has 2 amide bonds. The Labute approximate surface area is 190 Å². The zero-order valence-electron chi connectivity index (χ0n) is 17.2. The molecule has 162 valence electrons. The van der Waals surface area contributed by atoms with Crippen LogP contribution < -0.4 is 4.74 Å². The van der Waals surface area contributed by atoms with Crippen LogP contribution in [0.1, 0.15) is 25.0 Å². The maximum absolute atomic E-state index is 12.7. The topological polar surface area (TPSA) is 72.9 Å². The lowest BCUT2D eigenvalue weighted by Crippen LogP contribution is -2.34. The lowest BCUT2D eigenvalue weighted by molar-refractivity contribution is -0.147. The van der Waals surface area contributed by atoms with Crippen LogP contribution in [0, 0.1) is 5.92 Å². The number of imide groups is 1. The van der Waals surface area contributed by atoms with Crippen molar-refractivity contribution in [1.82, 2.24) is 4.90 Å². The van der Waals surface area contributed by atoms with E-state index in [0.29, 0.717) is 16.3 Å². The van der Waals surface area contributed by atoms with Crippen molar-refractivity contribution >= 4 is 46.6 Å². The molecule has 8 heteroatoms. The highest BCUT2D eigenvalue weighted by molar-refractivity contribution is 8.18. The molecule has 1 fully saturated rings. The SMILES string of the molecule is CC(C)COC(=O)CN1C(=O)S/C(=C/c2ccccc2OCc2ccccc2Cl)C1=O. The summed E-state index contributed by atoms with van der Waals surface area (Å²) in [7, 11) is 0. The van der Waals surface area contributed by atoms with E-state index in [4.69, 9.17) is 21.1 Å². The first kappa shape index (κ1) is 22.9. The summed E-state index contributed by atoms with van der Waals surface area (Å²) in [6.07, 6.45) is 1.59. The predicted octanol–water partition coefficient (Wildman–Crippen LogP) is 5.15. The molecule has 1 aliphatic rings. The van der Waals surface area contributed by atoms with E-state index in [0.717, 1.165) is 22.2 Å². The highest BCUT2D eigenvalue weighted by Crippen LogP contribution is 2.34. The van der Waals surface area contributed by atoms with Crippen molar-refractivity contribution in [3.05, 3.63) is 69.6 Å². The zero-order valence-corrected chi connectivity index (χ0v) is 18.7. The Morgan fingerprint density at radius 3 is 2.58 bits per heavy atom. The van der Waals surface area contributed by atoms with Crippen LogP contribution in [0.5, 0.6) is 5.75 Å². The Balaban J connectivity index is 1.72. The van der Waals surface area contributed by atoms with Crippen molar-refractivity contribution in [2.24, 2.45) is 5.92 Å². The van der Waals surface area contributed by atoms with Gasteiger partial charge in [-0.1, -0.05) is 61.8 Å². The van der Waals surface area contributed by atoms with Crippen molar-refractivity contribution in [2.75, 3.05) is 13.2 Å². The first-order valence-corrected chi connectivity index (χ1v) is 10.9. The van der Waals surface area contributed by atoms with Crippen LogP contribution in [-0.4, -0.2) is 35.2 Å². The van der Waals surface area contributed by atoms with E-state index in [1.165, 1.54) is 0 Å². The molecular formula is C23H22ClNO5S. The van der Waals surface area contributed by atoms with Gasteiger partial charge in [0.1, 0.15) is 18.9 Å². The number of ether oxygens (including phenoxy) is 2. The van der Waals surface area contributed by atoms with E-state index in [1.807, 2.05) is 44.2 Å². The number of nitrogens with zero attached hydrogens (tertiary/aromatic N) is 1. The van der Waals surface area contributed by atoms with Crippen molar-refractivity contribution in [1.29, 1.82) is 0 Å². The molecule has 0 unspecified atom stereocenters. The largest absolute Gasteiger partial charge is 0.488 e. The minimum atomic E-state index is -0.610. The molecule has 2 aromatic carbocycles.